The summed E-state index contributed by atoms with van der Waals surface area (Å²) in [4.78, 5) is 11.0. The first kappa shape index (κ1) is 9.74. The van der Waals surface area contributed by atoms with Crippen LogP contribution in [0.5, 0.6) is 0 Å². The molecule has 0 aliphatic rings. The average molecular weight is 179 g/mol. The molecule has 0 bridgehead atoms. The molecule has 3 nitrogen and oxygen atoms in total. The predicted octanol–water partition coefficient (Wildman–Crippen LogP) is 1.37. The molecule has 0 saturated carbocycles. The molecule has 1 amide bonds. The van der Waals surface area contributed by atoms with Gasteiger partial charge in [-0.25, -0.2) is 5.48 Å². The number of hydroxylamine groups is 1. The van der Waals surface area contributed by atoms with Crippen LogP contribution < -0.4 is 5.48 Å². The minimum absolute atomic E-state index is 0.201. The van der Waals surface area contributed by atoms with Crippen molar-refractivity contribution in [1.29, 1.82) is 0 Å². The van der Waals surface area contributed by atoms with Gasteiger partial charge in [0, 0.05) is 5.92 Å². The van der Waals surface area contributed by atoms with E-state index in [2.05, 4.69) is 0 Å². The Balaban J connectivity index is 2.55. The van der Waals surface area contributed by atoms with E-state index in [4.69, 9.17) is 5.21 Å². The Morgan fingerprint density at radius 2 is 2.08 bits per heavy atom. The maximum Gasteiger partial charge on any atom is 0.246 e. The monoisotopic (exact) mass is 179 g/mol. The van der Waals surface area contributed by atoms with Gasteiger partial charge in [0.15, 0.2) is 0 Å². The lowest BCUT2D eigenvalue weighted by Crippen LogP contribution is -2.27. The molecule has 2 N–H and O–H groups in total. The lowest BCUT2D eigenvalue weighted by Gasteiger charge is -2.08. The van der Waals surface area contributed by atoms with Gasteiger partial charge < -0.3 is 0 Å². The van der Waals surface area contributed by atoms with Gasteiger partial charge in [-0.15, -0.1) is 0 Å². The molecule has 13 heavy (non-hydrogen) atoms. The molecular formula is C10H13NO2. The largest absolute Gasteiger partial charge is 0.289 e. The Morgan fingerprint density at radius 1 is 1.46 bits per heavy atom. The molecule has 1 aromatic rings. The number of nitrogens with one attached hydrogen (secondary N) is 1. The molecule has 1 atom stereocenters. The highest BCUT2D eigenvalue weighted by Crippen LogP contribution is 2.07. The molecule has 0 radical (unpaired) electrons. The van der Waals surface area contributed by atoms with Crippen LogP contribution in [0.2, 0.25) is 0 Å². The zero-order valence-corrected chi connectivity index (χ0v) is 7.53. The lowest BCUT2D eigenvalue weighted by atomic mass is 10.0. The van der Waals surface area contributed by atoms with Crippen molar-refractivity contribution in [2.45, 2.75) is 13.3 Å². The van der Waals surface area contributed by atoms with Crippen molar-refractivity contribution in [3.8, 4) is 0 Å². The van der Waals surface area contributed by atoms with Gasteiger partial charge in [-0.2, -0.15) is 0 Å². The smallest absolute Gasteiger partial charge is 0.246 e. The Morgan fingerprint density at radius 3 is 2.62 bits per heavy atom. The molecule has 1 aromatic carbocycles. The van der Waals surface area contributed by atoms with E-state index in [-0.39, 0.29) is 11.8 Å². The van der Waals surface area contributed by atoms with E-state index < -0.39 is 0 Å². The fraction of sp³-hybridized carbons (Fsp3) is 0.300. The molecule has 1 unspecified atom stereocenters. The summed E-state index contributed by atoms with van der Waals surface area (Å²) in [6.07, 6.45) is 0.646. The second-order valence-electron chi connectivity index (χ2n) is 3.07. The Kier molecular flexibility index (Phi) is 3.46. The third-order valence-electron chi connectivity index (χ3n) is 1.94. The van der Waals surface area contributed by atoms with Crippen molar-refractivity contribution < 1.29 is 10.0 Å². The van der Waals surface area contributed by atoms with Gasteiger partial charge in [0.1, 0.15) is 0 Å². The molecule has 70 valence electrons. The maximum absolute atomic E-state index is 11.0. The van der Waals surface area contributed by atoms with Crippen molar-refractivity contribution in [3.63, 3.8) is 0 Å². The van der Waals surface area contributed by atoms with Crippen LogP contribution in [0.1, 0.15) is 12.5 Å². The average Bonchev–Trinajstić information content (AvgIpc) is 2.18. The number of amides is 1. The van der Waals surface area contributed by atoms with Crippen LogP contribution in [-0.2, 0) is 11.2 Å². The maximum atomic E-state index is 11.0. The highest BCUT2D eigenvalue weighted by molar-refractivity contribution is 5.77. The van der Waals surface area contributed by atoms with Crippen LogP contribution in [0.25, 0.3) is 0 Å². The Labute approximate surface area is 77.4 Å². The lowest BCUT2D eigenvalue weighted by molar-refractivity contribution is -0.132. The minimum atomic E-state index is -0.344. The van der Waals surface area contributed by atoms with Crippen LogP contribution in [-0.4, -0.2) is 11.1 Å². The van der Waals surface area contributed by atoms with Gasteiger partial charge >= 0.3 is 0 Å². The van der Waals surface area contributed by atoms with Crippen LogP contribution >= 0.6 is 0 Å². The topological polar surface area (TPSA) is 49.3 Å². The number of benzene rings is 1. The van der Waals surface area contributed by atoms with Crippen LogP contribution in [0.15, 0.2) is 30.3 Å². The van der Waals surface area contributed by atoms with Crippen molar-refractivity contribution >= 4 is 5.91 Å². The van der Waals surface area contributed by atoms with Gasteiger partial charge in [0.25, 0.3) is 0 Å². The number of hydrogen-bond donors (Lipinski definition) is 2. The quantitative estimate of drug-likeness (QED) is 0.544. The second-order valence-corrected chi connectivity index (χ2v) is 3.07. The summed E-state index contributed by atoms with van der Waals surface area (Å²) in [6.45, 7) is 1.78. The van der Waals surface area contributed by atoms with E-state index in [0.29, 0.717) is 6.42 Å². The standard InChI is InChI=1S/C10H13NO2/c1-8(10(12)11-13)7-9-5-3-2-4-6-9/h2-6,8,13H,7H2,1H3,(H,11,12). The van der Waals surface area contributed by atoms with Crippen LogP contribution in [0.3, 0.4) is 0 Å². The molecule has 0 aromatic heterocycles. The van der Waals surface area contributed by atoms with Crippen molar-refractivity contribution in [2.24, 2.45) is 5.92 Å². The highest BCUT2D eigenvalue weighted by Gasteiger charge is 2.11. The van der Waals surface area contributed by atoms with Crippen LogP contribution in [0.4, 0.5) is 0 Å². The summed E-state index contributed by atoms with van der Waals surface area (Å²) >= 11 is 0. The number of carbonyl (C=O) groups excluding carboxylic acids is 1. The normalized spacial score (nSPS) is 12.2. The first-order chi connectivity index (χ1) is 6.24. The Hall–Kier alpha value is -1.35. The fourth-order valence-corrected chi connectivity index (χ4v) is 1.17. The molecule has 0 spiro atoms. The van der Waals surface area contributed by atoms with E-state index >= 15 is 0 Å². The third kappa shape index (κ3) is 2.87. The summed E-state index contributed by atoms with van der Waals surface area (Å²) in [5, 5.41) is 8.38. The molecular weight excluding hydrogens is 166 g/mol. The summed E-state index contributed by atoms with van der Waals surface area (Å²) in [5.41, 5.74) is 2.74. The molecule has 1 rings (SSSR count). The van der Waals surface area contributed by atoms with Crippen molar-refractivity contribution in [3.05, 3.63) is 35.9 Å². The van der Waals surface area contributed by atoms with Gasteiger partial charge in [0.05, 0.1) is 0 Å². The predicted molar refractivity (Wildman–Crippen MR) is 49.2 cm³/mol. The molecule has 0 aliphatic heterocycles. The second kappa shape index (κ2) is 4.62. The summed E-state index contributed by atoms with van der Waals surface area (Å²) in [6, 6.07) is 9.71. The van der Waals surface area contributed by atoms with Crippen molar-refractivity contribution in [1.82, 2.24) is 5.48 Å². The van der Waals surface area contributed by atoms with Crippen LogP contribution in [0, 0.1) is 5.92 Å². The molecule has 0 fully saturated rings. The number of rotatable bonds is 3. The van der Waals surface area contributed by atoms with E-state index in [9.17, 15) is 4.79 Å². The van der Waals surface area contributed by atoms with Gasteiger partial charge in [-0.05, 0) is 12.0 Å². The first-order valence-corrected chi connectivity index (χ1v) is 4.22. The number of hydrogen-bond acceptors (Lipinski definition) is 2. The summed E-state index contributed by atoms with van der Waals surface area (Å²) in [5.74, 6) is -0.545. The molecule has 0 saturated heterocycles. The van der Waals surface area contributed by atoms with E-state index in [0.717, 1.165) is 5.56 Å². The van der Waals surface area contributed by atoms with E-state index in [1.807, 2.05) is 30.3 Å². The van der Waals surface area contributed by atoms with Crippen molar-refractivity contribution in [2.75, 3.05) is 0 Å². The van der Waals surface area contributed by atoms with Gasteiger partial charge in [-0.3, -0.25) is 10.0 Å². The molecule has 0 heterocycles. The van der Waals surface area contributed by atoms with Gasteiger partial charge in [0.2, 0.25) is 5.91 Å². The molecule has 3 heteroatoms. The summed E-state index contributed by atoms with van der Waals surface area (Å²) in [7, 11) is 0. The van der Waals surface area contributed by atoms with E-state index in [1.165, 1.54) is 0 Å². The van der Waals surface area contributed by atoms with Gasteiger partial charge in [-0.1, -0.05) is 37.3 Å². The highest BCUT2D eigenvalue weighted by atomic mass is 16.5. The zero-order valence-electron chi connectivity index (χ0n) is 7.53. The number of carbonyl (C=O) groups is 1. The third-order valence-corrected chi connectivity index (χ3v) is 1.94. The first-order valence-electron chi connectivity index (χ1n) is 4.22. The minimum Gasteiger partial charge on any atom is -0.289 e. The molecule has 0 aliphatic carbocycles. The Bertz CT molecular complexity index is 272. The zero-order chi connectivity index (χ0) is 9.68. The SMILES string of the molecule is CC(Cc1ccccc1)C(=O)NO. The summed E-state index contributed by atoms with van der Waals surface area (Å²) < 4.78 is 0. The fourth-order valence-electron chi connectivity index (χ4n) is 1.17. The van der Waals surface area contributed by atoms with E-state index in [1.54, 1.807) is 12.4 Å².